The molecule has 0 heterocycles. The highest BCUT2D eigenvalue weighted by molar-refractivity contribution is 5.99. The summed E-state index contributed by atoms with van der Waals surface area (Å²) in [6.07, 6.45) is 3.80. The van der Waals surface area contributed by atoms with Crippen molar-refractivity contribution in [1.82, 2.24) is 5.32 Å². The molecular weight excluding hydrogens is 310 g/mol. The number of nitrogens with one attached hydrogen (secondary N) is 1. The highest BCUT2D eigenvalue weighted by atomic mass is 16.5. The molecule has 1 N–H and O–H groups in total. The van der Waals surface area contributed by atoms with Crippen LogP contribution in [0.1, 0.15) is 36.0 Å². The molecule has 24 heavy (non-hydrogen) atoms. The number of carbonyl (C=O) groups excluding carboxylic acids is 2. The number of rotatable bonds is 6. The summed E-state index contributed by atoms with van der Waals surface area (Å²) in [6, 6.07) is 5.20. The van der Waals surface area contributed by atoms with Crippen molar-refractivity contribution >= 4 is 11.9 Å². The third kappa shape index (κ3) is 3.99. The van der Waals surface area contributed by atoms with Crippen molar-refractivity contribution in [2.75, 3.05) is 27.9 Å². The van der Waals surface area contributed by atoms with E-state index >= 15 is 0 Å². The monoisotopic (exact) mass is 335 g/mol. The fraction of sp³-hybridized carbons (Fsp3) is 0.556. The molecule has 2 unspecified atom stereocenters. The van der Waals surface area contributed by atoms with Crippen LogP contribution in [0.2, 0.25) is 0 Å². The minimum atomic E-state index is -0.265. The van der Waals surface area contributed by atoms with Gasteiger partial charge in [-0.3, -0.25) is 9.59 Å². The topological polar surface area (TPSA) is 73.9 Å². The van der Waals surface area contributed by atoms with Crippen molar-refractivity contribution in [2.45, 2.75) is 25.7 Å². The van der Waals surface area contributed by atoms with E-state index < -0.39 is 0 Å². The van der Waals surface area contributed by atoms with Gasteiger partial charge in [-0.15, -0.1) is 0 Å². The molecule has 0 saturated heterocycles. The van der Waals surface area contributed by atoms with Gasteiger partial charge in [-0.25, -0.2) is 0 Å². The normalized spacial score (nSPS) is 20.1. The first-order valence-electron chi connectivity index (χ1n) is 8.19. The lowest BCUT2D eigenvalue weighted by molar-refractivity contribution is -0.148. The van der Waals surface area contributed by atoms with Crippen LogP contribution in [0.5, 0.6) is 11.5 Å². The van der Waals surface area contributed by atoms with Gasteiger partial charge in [-0.05, 0) is 30.9 Å². The average Bonchev–Trinajstić information content (AvgIpc) is 2.64. The summed E-state index contributed by atoms with van der Waals surface area (Å²) in [5, 5.41) is 2.92. The number of carbonyl (C=O) groups is 2. The lowest BCUT2D eigenvalue weighted by Gasteiger charge is -2.29. The van der Waals surface area contributed by atoms with Gasteiger partial charge in [0.2, 0.25) is 0 Å². The van der Waals surface area contributed by atoms with Gasteiger partial charge in [-0.1, -0.05) is 18.9 Å². The van der Waals surface area contributed by atoms with Crippen molar-refractivity contribution in [3.63, 3.8) is 0 Å². The predicted molar refractivity (Wildman–Crippen MR) is 89.3 cm³/mol. The van der Waals surface area contributed by atoms with E-state index in [1.54, 1.807) is 18.2 Å². The number of methoxy groups -OCH3 is 3. The fourth-order valence-corrected chi connectivity index (χ4v) is 3.30. The van der Waals surface area contributed by atoms with E-state index in [0.717, 1.165) is 25.7 Å². The maximum Gasteiger partial charge on any atom is 0.309 e. The molecule has 0 aliphatic heterocycles. The van der Waals surface area contributed by atoms with Gasteiger partial charge < -0.3 is 19.5 Å². The fourth-order valence-electron chi connectivity index (χ4n) is 3.30. The van der Waals surface area contributed by atoms with Gasteiger partial charge in [0, 0.05) is 6.54 Å². The summed E-state index contributed by atoms with van der Waals surface area (Å²) in [4.78, 5) is 24.5. The second kappa shape index (κ2) is 8.57. The predicted octanol–water partition coefficient (Wildman–Crippen LogP) is 2.41. The van der Waals surface area contributed by atoms with Crippen molar-refractivity contribution in [3.05, 3.63) is 23.8 Å². The Hall–Kier alpha value is -2.24. The SMILES string of the molecule is COC(=O)C1CCCCC1CNC(=O)c1c(OC)cccc1OC. The molecule has 2 rings (SSSR count). The van der Waals surface area contributed by atoms with E-state index in [2.05, 4.69) is 5.32 Å². The van der Waals surface area contributed by atoms with E-state index in [0.29, 0.717) is 23.6 Å². The molecule has 1 saturated carbocycles. The van der Waals surface area contributed by atoms with Gasteiger partial charge in [0.15, 0.2) is 0 Å². The van der Waals surface area contributed by atoms with Crippen LogP contribution in [-0.2, 0) is 9.53 Å². The third-order valence-electron chi connectivity index (χ3n) is 4.59. The number of hydrogen-bond donors (Lipinski definition) is 1. The molecule has 0 spiro atoms. The lowest BCUT2D eigenvalue weighted by atomic mass is 9.79. The Morgan fingerprint density at radius 1 is 1.08 bits per heavy atom. The quantitative estimate of drug-likeness (QED) is 0.808. The molecule has 1 fully saturated rings. The Morgan fingerprint density at radius 3 is 2.29 bits per heavy atom. The standard InChI is InChI=1S/C18H25NO5/c1-22-14-9-6-10-15(23-2)16(14)17(20)19-11-12-7-4-5-8-13(12)18(21)24-3/h6,9-10,12-13H,4-5,7-8,11H2,1-3H3,(H,19,20). The Bertz CT molecular complexity index is 565. The van der Waals surface area contributed by atoms with E-state index in [1.165, 1.54) is 21.3 Å². The van der Waals surface area contributed by atoms with Crippen LogP contribution >= 0.6 is 0 Å². The molecule has 0 bridgehead atoms. The average molecular weight is 335 g/mol. The van der Waals surface area contributed by atoms with Crippen molar-refractivity contribution in [2.24, 2.45) is 11.8 Å². The van der Waals surface area contributed by atoms with Gasteiger partial charge in [0.1, 0.15) is 17.1 Å². The minimum absolute atomic E-state index is 0.0934. The molecule has 2 atom stereocenters. The lowest BCUT2D eigenvalue weighted by Crippen LogP contribution is -2.37. The largest absolute Gasteiger partial charge is 0.496 e. The summed E-state index contributed by atoms with van der Waals surface area (Å²) in [7, 11) is 4.44. The van der Waals surface area contributed by atoms with Gasteiger partial charge in [0.05, 0.1) is 27.2 Å². The van der Waals surface area contributed by atoms with Gasteiger partial charge >= 0.3 is 5.97 Å². The van der Waals surface area contributed by atoms with Crippen LogP contribution in [0, 0.1) is 11.8 Å². The van der Waals surface area contributed by atoms with Crippen LogP contribution in [-0.4, -0.2) is 39.8 Å². The summed E-state index contributed by atoms with van der Waals surface area (Å²) in [5.74, 6) is 0.404. The summed E-state index contributed by atoms with van der Waals surface area (Å²) < 4.78 is 15.4. The Balaban J connectivity index is 2.08. The van der Waals surface area contributed by atoms with Crippen LogP contribution in [0.4, 0.5) is 0 Å². The maximum absolute atomic E-state index is 12.6. The van der Waals surface area contributed by atoms with Crippen molar-refractivity contribution in [3.8, 4) is 11.5 Å². The van der Waals surface area contributed by atoms with Crippen molar-refractivity contribution in [1.29, 1.82) is 0 Å². The third-order valence-corrected chi connectivity index (χ3v) is 4.59. The molecule has 0 radical (unpaired) electrons. The molecular formula is C18H25NO5. The van der Waals surface area contributed by atoms with Gasteiger partial charge in [-0.2, -0.15) is 0 Å². The highest BCUT2D eigenvalue weighted by Crippen LogP contribution is 2.31. The van der Waals surface area contributed by atoms with Crippen molar-refractivity contribution < 1.29 is 23.8 Å². The molecule has 1 aliphatic carbocycles. The maximum atomic E-state index is 12.6. The van der Waals surface area contributed by atoms with E-state index in [-0.39, 0.29) is 23.7 Å². The first-order valence-corrected chi connectivity index (χ1v) is 8.19. The van der Waals surface area contributed by atoms with Crippen LogP contribution in [0.3, 0.4) is 0 Å². The zero-order chi connectivity index (χ0) is 17.5. The second-order valence-corrected chi connectivity index (χ2v) is 5.92. The number of hydrogen-bond acceptors (Lipinski definition) is 5. The zero-order valence-corrected chi connectivity index (χ0v) is 14.5. The molecule has 6 nitrogen and oxygen atoms in total. The molecule has 1 aromatic carbocycles. The summed E-state index contributed by atoms with van der Waals surface area (Å²) in [6.45, 7) is 0.430. The van der Waals surface area contributed by atoms with E-state index in [1.807, 2.05) is 0 Å². The van der Waals surface area contributed by atoms with E-state index in [9.17, 15) is 9.59 Å². The molecule has 132 valence electrons. The zero-order valence-electron chi connectivity index (χ0n) is 14.5. The number of amides is 1. The van der Waals surface area contributed by atoms with Crippen LogP contribution < -0.4 is 14.8 Å². The Kier molecular flexibility index (Phi) is 6.46. The van der Waals surface area contributed by atoms with E-state index in [4.69, 9.17) is 14.2 Å². The second-order valence-electron chi connectivity index (χ2n) is 5.92. The summed E-state index contributed by atoms with van der Waals surface area (Å²) >= 11 is 0. The molecule has 1 aliphatic rings. The first-order chi connectivity index (χ1) is 11.6. The minimum Gasteiger partial charge on any atom is -0.496 e. The smallest absolute Gasteiger partial charge is 0.309 e. The molecule has 6 heteroatoms. The summed E-state index contributed by atoms with van der Waals surface area (Å²) in [5.41, 5.74) is 0.368. The number of benzene rings is 1. The molecule has 0 aromatic heterocycles. The first kappa shape index (κ1) is 18.1. The van der Waals surface area contributed by atoms with Gasteiger partial charge in [0.25, 0.3) is 5.91 Å². The van der Waals surface area contributed by atoms with Crippen LogP contribution in [0.25, 0.3) is 0 Å². The highest BCUT2D eigenvalue weighted by Gasteiger charge is 2.32. The number of ether oxygens (including phenoxy) is 3. The van der Waals surface area contributed by atoms with Crippen LogP contribution in [0.15, 0.2) is 18.2 Å². The molecule has 1 aromatic rings. The Labute approximate surface area is 142 Å². The number of esters is 1. The Morgan fingerprint density at radius 2 is 1.71 bits per heavy atom. The molecule has 1 amide bonds.